The van der Waals surface area contributed by atoms with E-state index >= 15 is 0 Å². The monoisotopic (exact) mass is 283 g/mol. The van der Waals surface area contributed by atoms with Crippen molar-refractivity contribution in [1.82, 2.24) is 5.32 Å². The minimum absolute atomic E-state index is 0.367. The Morgan fingerprint density at radius 2 is 2.31 bits per heavy atom. The lowest BCUT2D eigenvalue weighted by Gasteiger charge is -2.24. The maximum Gasteiger partial charge on any atom is 0.189 e. The normalized spacial score (nSPS) is 23.9. The highest BCUT2D eigenvalue weighted by Crippen LogP contribution is 2.38. The molecule has 0 aliphatic carbocycles. The molecule has 0 amide bonds. The first kappa shape index (κ1) is 10.6. The Morgan fingerprint density at radius 3 is 3.12 bits per heavy atom. The van der Waals surface area contributed by atoms with Gasteiger partial charge in [0, 0.05) is 16.1 Å². The van der Waals surface area contributed by atoms with Gasteiger partial charge in [0.25, 0.3) is 0 Å². The predicted octanol–water partition coefficient (Wildman–Crippen LogP) is 2.74. The lowest BCUT2D eigenvalue weighted by molar-refractivity contribution is -0.0171. The van der Waals surface area contributed by atoms with Gasteiger partial charge in [0.2, 0.25) is 0 Å². The molecule has 0 saturated carbocycles. The van der Waals surface area contributed by atoms with E-state index in [2.05, 4.69) is 27.3 Å². The number of benzene rings is 1. The molecular formula is C12H14BrNO2. The minimum Gasteiger partial charge on any atom is -0.467 e. The lowest BCUT2D eigenvalue weighted by Crippen LogP contribution is -2.19. The van der Waals surface area contributed by atoms with Gasteiger partial charge >= 0.3 is 0 Å². The number of halogens is 1. The molecular weight excluding hydrogens is 270 g/mol. The van der Waals surface area contributed by atoms with Crippen molar-refractivity contribution in [3.8, 4) is 5.75 Å². The number of hydrogen-bond acceptors (Lipinski definition) is 3. The number of ether oxygens (including phenoxy) is 2. The summed E-state index contributed by atoms with van der Waals surface area (Å²) in [5, 5.41) is 3.52. The van der Waals surface area contributed by atoms with Crippen LogP contribution in [-0.2, 0) is 11.3 Å². The zero-order valence-electron chi connectivity index (χ0n) is 8.96. The molecule has 1 N–H and O–H groups in total. The fourth-order valence-corrected chi connectivity index (χ4v) is 3.10. The van der Waals surface area contributed by atoms with Crippen molar-refractivity contribution in [2.24, 2.45) is 0 Å². The molecule has 0 spiro atoms. The molecule has 16 heavy (non-hydrogen) atoms. The van der Waals surface area contributed by atoms with Crippen LogP contribution in [0.3, 0.4) is 0 Å². The van der Waals surface area contributed by atoms with Gasteiger partial charge in [-0.25, -0.2) is 0 Å². The molecule has 1 unspecified atom stereocenters. The second kappa shape index (κ2) is 4.35. The Balaban J connectivity index is 2.06. The van der Waals surface area contributed by atoms with Crippen LogP contribution in [0.25, 0.3) is 0 Å². The topological polar surface area (TPSA) is 30.5 Å². The maximum atomic E-state index is 5.51. The van der Waals surface area contributed by atoms with Crippen molar-refractivity contribution in [2.75, 3.05) is 13.3 Å². The van der Waals surface area contributed by atoms with Gasteiger partial charge in [-0.05, 0) is 37.1 Å². The molecule has 2 aliphatic heterocycles. The van der Waals surface area contributed by atoms with Crippen LogP contribution in [-0.4, -0.2) is 13.3 Å². The summed E-state index contributed by atoms with van der Waals surface area (Å²) in [7, 11) is 0. The van der Waals surface area contributed by atoms with E-state index in [-0.39, 0.29) is 0 Å². The van der Waals surface area contributed by atoms with Crippen LogP contribution in [0.2, 0.25) is 0 Å². The molecule has 3 nitrogen and oxygen atoms in total. The Morgan fingerprint density at radius 1 is 1.38 bits per heavy atom. The molecule has 1 aromatic rings. The van der Waals surface area contributed by atoms with Gasteiger partial charge in [-0.15, -0.1) is 0 Å². The molecule has 0 aromatic heterocycles. The van der Waals surface area contributed by atoms with Gasteiger partial charge in [0.15, 0.2) is 6.79 Å². The van der Waals surface area contributed by atoms with E-state index in [4.69, 9.17) is 9.47 Å². The number of nitrogens with one attached hydrogen (secondary N) is 1. The standard InChI is InChI=1S/C12H14BrNO2/c13-9-3-4-11-8(6-15-7-16-11)12(9)10-2-1-5-14-10/h3-4,10,14H,1-2,5-7H2. The van der Waals surface area contributed by atoms with E-state index in [1.54, 1.807) is 0 Å². The van der Waals surface area contributed by atoms with Gasteiger partial charge in [0.1, 0.15) is 5.75 Å². The molecule has 3 rings (SSSR count). The van der Waals surface area contributed by atoms with E-state index in [9.17, 15) is 0 Å². The molecule has 0 bridgehead atoms. The van der Waals surface area contributed by atoms with E-state index in [0.717, 1.165) is 16.8 Å². The first-order valence-corrected chi connectivity index (χ1v) is 6.41. The number of hydrogen-bond donors (Lipinski definition) is 1. The first-order valence-electron chi connectivity index (χ1n) is 5.61. The van der Waals surface area contributed by atoms with Crippen LogP contribution in [0, 0.1) is 0 Å². The quantitative estimate of drug-likeness (QED) is 0.860. The highest BCUT2D eigenvalue weighted by molar-refractivity contribution is 9.10. The van der Waals surface area contributed by atoms with Crippen molar-refractivity contribution in [2.45, 2.75) is 25.5 Å². The van der Waals surface area contributed by atoms with Gasteiger partial charge in [0.05, 0.1) is 6.61 Å². The van der Waals surface area contributed by atoms with E-state index in [0.29, 0.717) is 19.4 Å². The largest absolute Gasteiger partial charge is 0.467 e. The predicted molar refractivity (Wildman–Crippen MR) is 64.4 cm³/mol. The maximum absolute atomic E-state index is 5.51. The Hall–Kier alpha value is -0.580. The molecule has 0 radical (unpaired) electrons. The van der Waals surface area contributed by atoms with Crippen LogP contribution in [0.5, 0.6) is 5.75 Å². The smallest absolute Gasteiger partial charge is 0.189 e. The summed E-state index contributed by atoms with van der Waals surface area (Å²) in [5.41, 5.74) is 2.51. The average molecular weight is 284 g/mol. The second-order valence-corrected chi connectivity index (χ2v) is 5.05. The molecule has 1 fully saturated rings. The summed E-state index contributed by atoms with van der Waals surface area (Å²) in [6.07, 6.45) is 2.43. The summed E-state index contributed by atoms with van der Waals surface area (Å²) in [6, 6.07) is 4.52. The van der Waals surface area contributed by atoms with Gasteiger partial charge in [-0.2, -0.15) is 0 Å². The summed E-state index contributed by atoms with van der Waals surface area (Å²) < 4.78 is 12.0. The Labute approximate surface area is 103 Å². The second-order valence-electron chi connectivity index (χ2n) is 4.20. The molecule has 2 heterocycles. The Bertz CT molecular complexity index is 402. The molecule has 1 atom stereocenters. The van der Waals surface area contributed by atoms with Crippen molar-refractivity contribution < 1.29 is 9.47 Å². The summed E-state index contributed by atoms with van der Waals surface area (Å²) in [4.78, 5) is 0. The van der Waals surface area contributed by atoms with Gasteiger partial charge in [-0.3, -0.25) is 0 Å². The fraction of sp³-hybridized carbons (Fsp3) is 0.500. The van der Waals surface area contributed by atoms with E-state index in [1.807, 2.05) is 6.07 Å². The summed E-state index contributed by atoms with van der Waals surface area (Å²) in [5.74, 6) is 0.971. The zero-order chi connectivity index (χ0) is 11.0. The zero-order valence-corrected chi connectivity index (χ0v) is 10.5. The fourth-order valence-electron chi connectivity index (χ4n) is 2.46. The first-order chi connectivity index (χ1) is 7.86. The molecule has 2 aliphatic rings. The summed E-state index contributed by atoms with van der Waals surface area (Å²) >= 11 is 3.63. The highest BCUT2D eigenvalue weighted by atomic mass is 79.9. The average Bonchev–Trinajstić information content (AvgIpc) is 2.82. The van der Waals surface area contributed by atoms with Crippen molar-refractivity contribution in [3.05, 3.63) is 27.7 Å². The van der Waals surface area contributed by atoms with Gasteiger partial charge in [-0.1, -0.05) is 15.9 Å². The Kier molecular flexibility index (Phi) is 2.88. The third-order valence-corrected chi connectivity index (χ3v) is 3.91. The third kappa shape index (κ3) is 1.75. The third-order valence-electron chi connectivity index (χ3n) is 3.21. The molecule has 1 aromatic carbocycles. The lowest BCUT2D eigenvalue weighted by atomic mass is 9.98. The van der Waals surface area contributed by atoms with Crippen molar-refractivity contribution >= 4 is 15.9 Å². The molecule has 86 valence electrons. The molecule has 1 saturated heterocycles. The van der Waals surface area contributed by atoms with Crippen molar-refractivity contribution in [3.63, 3.8) is 0 Å². The van der Waals surface area contributed by atoms with Crippen molar-refractivity contribution in [1.29, 1.82) is 0 Å². The van der Waals surface area contributed by atoms with Crippen LogP contribution < -0.4 is 10.1 Å². The molecule has 4 heteroatoms. The van der Waals surface area contributed by atoms with Crippen LogP contribution in [0.4, 0.5) is 0 Å². The van der Waals surface area contributed by atoms with E-state index < -0.39 is 0 Å². The van der Waals surface area contributed by atoms with Crippen LogP contribution in [0.15, 0.2) is 16.6 Å². The summed E-state index contributed by atoms with van der Waals surface area (Å²) in [6.45, 7) is 2.12. The van der Waals surface area contributed by atoms with Crippen LogP contribution >= 0.6 is 15.9 Å². The number of fused-ring (bicyclic) bond motifs is 1. The van der Waals surface area contributed by atoms with Gasteiger partial charge < -0.3 is 14.8 Å². The SMILES string of the molecule is Brc1ccc2c(c1C1CCCN1)COCO2. The highest BCUT2D eigenvalue weighted by Gasteiger charge is 2.25. The number of rotatable bonds is 1. The van der Waals surface area contributed by atoms with E-state index in [1.165, 1.54) is 24.0 Å². The minimum atomic E-state index is 0.367. The van der Waals surface area contributed by atoms with Crippen LogP contribution in [0.1, 0.15) is 30.0 Å².